The van der Waals surface area contributed by atoms with Gasteiger partial charge in [-0.1, -0.05) is 36.4 Å². The molecule has 78 valence electrons. The smallest absolute Gasteiger partial charge is 0.0720 e. The third-order valence-corrected chi connectivity index (χ3v) is 2.40. The van der Waals surface area contributed by atoms with Gasteiger partial charge in [-0.3, -0.25) is 0 Å². The van der Waals surface area contributed by atoms with Crippen LogP contribution in [0.4, 0.5) is 0 Å². The zero-order valence-electron chi connectivity index (χ0n) is 9.23. The predicted molar refractivity (Wildman–Crippen MR) is 63.9 cm³/mol. The number of fused-ring (bicyclic) bond motifs is 1. The van der Waals surface area contributed by atoms with Crippen molar-refractivity contribution >= 4 is 10.8 Å². The van der Waals surface area contributed by atoms with Gasteiger partial charge in [-0.2, -0.15) is 0 Å². The molecule has 0 saturated heterocycles. The maximum absolute atomic E-state index is 5.58. The molecule has 1 nitrogen and oxygen atoms in total. The van der Waals surface area contributed by atoms with E-state index in [1.54, 1.807) is 0 Å². The normalized spacial score (nSPS) is 11.1. The van der Waals surface area contributed by atoms with Crippen molar-refractivity contribution in [3.8, 4) is 0 Å². The van der Waals surface area contributed by atoms with Crippen LogP contribution in [0.2, 0.25) is 0 Å². The Balaban J connectivity index is 2.23. The van der Waals surface area contributed by atoms with Crippen molar-refractivity contribution in [3.63, 3.8) is 0 Å². The molecule has 0 spiro atoms. The van der Waals surface area contributed by atoms with Gasteiger partial charge in [0, 0.05) is 0 Å². The van der Waals surface area contributed by atoms with Gasteiger partial charge in [0.25, 0.3) is 0 Å². The first-order chi connectivity index (χ1) is 7.25. The summed E-state index contributed by atoms with van der Waals surface area (Å²) in [6.45, 7) is 4.81. The molecule has 15 heavy (non-hydrogen) atoms. The molecule has 0 aliphatic rings. The van der Waals surface area contributed by atoms with Crippen molar-refractivity contribution in [2.45, 2.75) is 26.6 Å². The second kappa shape index (κ2) is 4.45. The molecule has 0 unspecified atom stereocenters. The van der Waals surface area contributed by atoms with E-state index in [9.17, 15) is 0 Å². The second-order valence-electron chi connectivity index (χ2n) is 4.04. The second-order valence-corrected chi connectivity index (χ2v) is 4.04. The largest absolute Gasteiger partial charge is 0.374 e. The Bertz CT molecular complexity index is 446. The summed E-state index contributed by atoms with van der Waals surface area (Å²) in [5, 5.41) is 2.56. The first kappa shape index (κ1) is 10.2. The van der Waals surface area contributed by atoms with Crippen LogP contribution in [0.25, 0.3) is 10.8 Å². The van der Waals surface area contributed by atoms with Crippen LogP contribution in [0.15, 0.2) is 42.5 Å². The number of ether oxygens (including phenoxy) is 1. The highest BCUT2D eigenvalue weighted by atomic mass is 16.5. The highest BCUT2D eigenvalue weighted by Crippen LogP contribution is 2.16. The van der Waals surface area contributed by atoms with E-state index in [0.29, 0.717) is 6.61 Å². The molecule has 2 aromatic rings. The summed E-state index contributed by atoms with van der Waals surface area (Å²) in [5.41, 5.74) is 1.24. The first-order valence-electron chi connectivity index (χ1n) is 5.35. The molecule has 0 bridgehead atoms. The fraction of sp³-hybridized carbons (Fsp3) is 0.286. The van der Waals surface area contributed by atoms with Gasteiger partial charge in [0.15, 0.2) is 0 Å². The van der Waals surface area contributed by atoms with Crippen LogP contribution in [-0.4, -0.2) is 6.10 Å². The predicted octanol–water partition coefficient (Wildman–Crippen LogP) is 3.76. The number of hydrogen-bond donors (Lipinski definition) is 0. The average Bonchev–Trinajstić information content (AvgIpc) is 2.26. The van der Waals surface area contributed by atoms with E-state index >= 15 is 0 Å². The summed E-state index contributed by atoms with van der Waals surface area (Å²) in [5.74, 6) is 0. The molecule has 0 radical (unpaired) electrons. The maximum atomic E-state index is 5.58. The van der Waals surface area contributed by atoms with Crippen LogP contribution in [0.5, 0.6) is 0 Å². The van der Waals surface area contributed by atoms with Crippen LogP contribution < -0.4 is 0 Å². The zero-order chi connectivity index (χ0) is 10.7. The Morgan fingerprint density at radius 2 is 1.73 bits per heavy atom. The van der Waals surface area contributed by atoms with Crippen molar-refractivity contribution in [1.29, 1.82) is 0 Å². The van der Waals surface area contributed by atoms with E-state index in [-0.39, 0.29) is 6.10 Å². The summed E-state index contributed by atoms with van der Waals surface area (Å²) < 4.78 is 5.58. The molecular formula is C14H16O. The molecule has 0 fully saturated rings. The van der Waals surface area contributed by atoms with Gasteiger partial charge in [-0.15, -0.1) is 0 Å². The van der Waals surface area contributed by atoms with Gasteiger partial charge in [0.1, 0.15) is 0 Å². The standard InChI is InChI=1S/C14H16O/c1-11(2)15-10-12-7-8-13-5-3-4-6-14(13)9-12/h3-9,11H,10H2,1-2H3. The maximum Gasteiger partial charge on any atom is 0.0720 e. The van der Waals surface area contributed by atoms with Crippen LogP contribution in [0.3, 0.4) is 0 Å². The lowest BCUT2D eigenvalue weighted by Gasteiger charge is -2.08. The SMILES string of the molecule is CC(C)OCc1ccc2ccccc2c1. The Labute approximate surface area is 90.7 Å². The number of rotatable bonds is 3. The summed E-state index contributed by atoms with van der Waals surface area (Å²) in [7, 11) is 0. The Morgan fingerprint density at radius 1 is 1.00 bits per heavy atom. The van der Waals surface area contributed by atoms with Gasteiger partial charge >= 0.3 is 0 Å². The van der Waals surface area contributed by atoms with Crippen LogP contribution >= 0.6 is 0 Å². The Kier molecular flexibility index (Phi) is 3.02. The van der Waals surface area contributed by atoms with Crippen molar-refractivity contribution < 1.29 is 4.74 Å². The molecule has 0 aliphatic carbocycles. The third kappa shape index (κ3) is 2.57. The highest BCUT2D eigenvalue weighted by molar-refractivity contribution is 5.82. The van der Waals surface area contributed by atoms with E-state index < -0.39 is 0 Å². The van der Waals surface area contributed by atoms with E-state index in [0.717, 1.165) is 0 Å². The molecule has 0 aromatic heterocycles. The summed E-state index contributed by atoms with van der Waals surface area (Å²) >= 11 is 0. The summed E-state index contributed by atoms with van der Waals surface area (Å²) in [4.78, 5) is 0. The molecule has 0 amide bonds. The molecule has 2 aromatic carbocycles. The minimum absolute atomic E-state index is 0.288. The van der Waals surface area contributed by atoms with Gasteiger partial charge < -0.3 is 4.74 Å². The Morgan fingerprint density at radius 3 is 2.47 bits per heavy atom. The Hall–Kier alpha value is -1.34. The average molecular weight is 200 g/mol. The third-order valence-electron chi connectivity index (χ3n) is 2.40. The number of hydrogen-bond acceptors (Lipinski definition) is 1. The lowest BCUT2D eigenvalue weighted by Crippen LogP contribution is -2.01. The topological polar surface area (TPSA) is 9.23 Å². The number of benzene rings is 2. The minimum Gasteiger partial charge on any atom is -0.374 e. The zero-order valence-corrected chi connectivity index (χ0v) is 9.23. The molecule has 2 rings (SSSR count). The van der Waals surface area contributed by atoms with E-state index in [4.69, 9.17) is 4.74 Å². The summed E-state index contributed by atoms with van der Waals surface area (Å²) in [6, 6.07) is 14.9. The quantitative estimate of drug-likeness (QED) is 0.733. The van der Waals surface area contributed by atoms with Crippen LogP contribution in [0.1, 0.15) is 19.4 Å². The molecule has 0 aliphatic heterocycles. The van der Waals surface area contributed by atoms with Gasteiger partial charge in [-0.25, -0.2) is 0 Å². The molecule has 0 heterocycles. The van der Waals surface area contributed by atoms with Crippen molar-refractivity contribution in [2.24, 2.45) is 0 Å². The lowest BCUT2D eigenvalue weighted by molar-refractivity contribution is 0.0658. The highest BCUT2D eigenvalue weighted by Gasteiger charge is 1.98. The van der Waals surface area contributed by atoms with Gasteiger partial charge in [-0.05, 0) is 36.2 Å². The summed E-state index contributed by atoms with van der Waals surface area (Å²) in [6.07, 6.45) is 0.288. The van der Waals surface area contributed by atoms with Crippen LogP contribution in [-0.2, 0) is 11.3 Å². The van der Waals surface area contributed by atoms with E-state index in [1.165, 1.54) is 16.3 Å². The van der Waals surface area contributed by atoms with Crippen molar-refractivity contribution in [2.75, 3.05) is 0 Å². The van der Waals surface area contributed by atoms with Crippen LogP contribution in [0, 0.1) is 0 Å². The van der Waals surface area contributed by atoms with Gasteiger partial charge in [0.05, 0.1) is 12.7 Å². The van der Waals surface area contributed by atoms with E-state index in [2.05, 4.69) is 56.3 Å². The molecule has 0 N–H and O–H groups in total. The molecule has 1 heteroatoms. The van der Waals surface area contributed by atoms with Gasteiger partial charge in [0.2, 0.25) is 0 Å². The lowest BCUT2D eigenvalue weighted by atomic mass is 10.1. The monoisotopic (exact) mass is 200 g/mol. The fourth-order valence-electron chi connectivity index (χ4n) is 1.59. The molecule has 0 saturated carbocycles. The minimum atomic E-state index is 0.288. The fourth-order valence-corrected chi connectivity index (χ4v) is 1.59. The molecule has 0 atom stereocenters. The van der Waals surface area contributed by atoms with Crippen molar-refractivity contribution in [1.82, 2.24) is 0 Å². The molecular weight excluding hydrogens is 184 g/mol. The van der Waals surface area contributed by atoms with Crippen molar-refractivity contribution in [3.05, 3.63) is 48.0 Å². The first-order valence-corrected chi connectivity index (χ1v) is 5.35. The van der Waals surface area contributed by atoms with E-state index in [1.807, 2.05) is 0 Å².